The molecule has 2 rings (SSSR count). The Kier molecular flexibility index (Phi) is 4.62. The Hall–Kier alpha value is -2.30. The minimum atomic E-state index is 0.0479. The number of aromatic nitrogens is 2. The number of nitrogen functional groups attached to an aromatic ring is 1. The molecule has 5 heteroatoms. The van der Waals surface area contributed by atoms with Gasteiger partial charge in [-0.05, 0) is 38.0 Å². The number of ether oxygens (including phenoxy) is 1. The summed E-state index contributed by atoms with van der Waals surface area (Å²) >= 11 is 0. The number of nitrogens with one attached hydrogen (secondary N) is 1. The highest BCUT2D eigenvalue weighted by Crippen LogP contribution is 2.21. The van der Waals surface area contributed by atoms with E-state index in [2.05, 4.69) is 25.0 Å². The molecule has 0 amide bonds. The zero-order valence-electron chi connectivity index (χ0n) is 12.8. The number of hydrogen-bond donors (Lipinski definition) is 2. The predicted molar refractivity (Wildman–Crippen MR) is 83.8 cm³/mol. The number of amidine groups is 1. The smallest absolute Gasteiger partial charge is 0.130 e. The molecular formula is C16H22N4O. The van der Waals surface area contributed by atoms with Gasteiger partial charge in [-0.25, -0.2) is 0 Å². The van der Waals surface area contributed by atoms with Gasteiger partial charge in [0.2, 0.25) is 0 Å². The van der Waals surface area contributed by atoms with E-state index < -0.39 is 0 Å². The second-order valence-electron chi connectivity index (χ2n) is 4.98. The zero-order chi connectivity index (χ0) is 15.4. The Morgan fingerprint density at radius 3 is 2.71 bits per heavy atom. The fraction of sp³-hybridized carbons (Fsp3) is 0.375. The second kappa shape index (κ2) is 6.43. The van der Waals surface area contributed by atoms with Crippen LogP contribution >= 0.6 is 0 Å². The molecule has 0 saturated heterocycles. The van der Waals surface area contributed by atoms with Gasteiger partial charge in [-0.3, -0.25) is 10.1 Å². The molecule has 0 unspecified atom stereocenters. The molecule has 0 bridgehead atoms. The van der Waals surface area contributed by atoms with Gasteiger partial charge in [-0.1, -0.05) is 19.1 Å². The van der Waals surface area contributed by atoms with Crippen molar-refractivity contribution in [3.8, 4) is 5.75 Å². The fourth-order valence-electron chi connectivity index (χ4n) is 2.15. The van der Waals surface area contributed by atoms with E-state index in [9.17, 15) is 0 Å². The highest BCUT2D eigenvalue weighted by Gasteiger charge is 2.08. The minimum Gasteiger partial charge on any atom is -0.487 e. The Bertz CT molecular complexity index is 646. The first-order valence-corrected chi connectivity index (χ1v) is 7.18. The molecule has 0 aliphatic rings. The van der Waals surface area contributed by atoms with Crippen molar-refractivity contribution in [2.75, 3.05) is 0 Å². The van der Waals surface area contributed by atoms with Gasteiger partial charge in [0.25, 0.3) is 0 Å². The summed E-state index contributed by atoms with van der Waals surface area (Å²) in [4.78, 5) is 0. The first-order chi connectivity index (χ1) is 10.0. The van der Waals surface area contributed by atoms with Crippen molar-refractivity contribution in [1.29, 1.82) is 5.41 Å². The first kappa shape index (κ1) is 15.1. The van der Waals surface area contributed by atoms with Crippen molar-refractivity contribution in [2.45, 2.75) is 40.3 Å². The van der Waals surface area contributed by atoms with Gasteiger partial charge in [0.05, 0.1) is 11.4 Å². The number of nitrogens with two attached hydrogens (primary N) is 1. The van der Waals surface area contributed by atoms with Crippen LogP contribution in [0, 0.1) is 12.3 Å². The van der Waals surface area contributed by atoms with Crippen LogP contribution in [0.5, 0.6) is 5.75 Å². The highest BCUT2D eigenvalue weighted by atomic mass is 16.5. The third-order valence-electron chi connectivity index (χ3n) is 3.45. The lowest BCUT2D eigenvalue weighted by molar-refractivity contribution is 0.290. The molecule has 1 aromatic heterocycles. The Labute approximate surface area is 125 Å². The molecule has 0 aliphatic carbocycles. The normalized spacial score (nSPS) is 10.6. The lowest BCUT2D eigenvalue weighted by Crippen LogP contribution is -2.11. The second-order valence-corrected chi connectivity index (χ2v) is 4.98. The first-order valence-electron chi connectivity index (χ1n) is 7.18. The summed E-state index contributed by atoms with van der Waals surface area (Å²) in [6.45, 7) is 7.42. The van der Waals surface area contributed by atoms with E-state index in [1.165, 1.54) is 0 Å². The van der Waals surface area contributed by atoms with Crippen molar-refractivity contribution in [3.05, 3.63) is 46.8 Å². The maximum atomic E-state index is 7.50. The van der Waals surface area contributed by atoms with Crippen LogP contribution in [0.2, 0.25) is 0 Å². The average molecular weight is 286 g/mol. The van der Waals surface area contributed by atoms with Crippen LogP contribution in [-0.2, 0) is 19.6 Å². The van der Waals surface area contributed by atoms with Crippen molar-refractivity contribution in [2.24, 2.45) is 5.73 Å². The van der Waals surface area contributed by atoms with Gasteiger partial charge in [0.1, 0.15) is 18.2 Å². The van der Waals surface area contributed by atoms with Crippen LogP contribution in [0.4, 0.5) is 0 Å². The maximum Gasteiger partial charge on any atom is 0.130 e. The molecule has 21 heavy (non-hydrogen) atoms. The minimum absolute atomic E-state index is 0.0479. The molecule has 0 spiro atoms. The van der Waals surface area contributed by atoms with Crippen molar-refractivity contribution in [1.82, 2.24) is 9.78 Å². The van der Waals surface area contributed by atoms with Crippen molar-refractivity contribution in [3.63, 3.8) is 0 Å². The van der Waals surface area contributed by atoms with E-state index >= 15 is 0 Å². The quantitative estimate of drug-likeness (QED) is 0.633. The van der Waals surface area contributed by atoms with Crippen LogP contribution in [0.1, 0.15) is 36.4 Å². The maximum absolute atomic E-state index is 7.50. The van der Waals surface area contributed by atoms with Gasteiger partial charge in [0.15, 0.2) is 0 Å². The fourth-order valence-corrected chi connectivity index (χ4v) is 2.15. The van der Waals surface area contributed by atoms with Crippen molar-refractivity contribution >= 4 is 5.84 Å². The van der Waals surface area contributed by atoms with Crippen LogP contribution in [0.3, 0.4) is 0 Å². The lowest BCUT2D eigenvalue weighted by Gasteiger charge is -2.11. The van der Waals surface area contributed by atoms with Gasteiger partial charge in [-0.2, -0.15) is 5.10 Å². The molecule has 0 fully saturated rings. The molecule has 1 heterocycles. The summed E-state index contributed by atoms with van der Waals surface area (Å²) < 4.78 is 7.86. The number of aryl methyl sites for hydroxylation is 3. The molecule has 5 nitrogen and oxygen atoms in total. The van der Waals surface area contributed by atoms with Crippen LogP contribution in [0.25, 0.3) is 0 Å². The molecule has 2 aromatic rings. The van der Waals surface area contributed by atoms with E-state index in [-0.39, 0.29) is 5.84 Å². The standard InChI is InChI=1S/C16H22N4O/c1-4-13-9-14(20(5-2)19-13)10-21-15-8-12(16(17)18)7-6-11(15)3/h6-9H,4-5,10H2,1-3H3,(H3,17,18). The molecule has 112 valence electrons. The summed E-state index contributed by atoms with van der Waals surface area (Å²) in [6.07, 6.45) is 0.916. The number of benzene rings is 1. The van der Waals surface area contributed by atoms with E-state index in [0.29, 0.717) is 12.2 Å². The zero-order valence-corrected chi connectivity index (χ0v) is 12.8. The van der Waals surface area contributed by atoms with Gasteiger partial charge in [-0.15, -0.1) is 0 Å². The van der Waals surface area contributed by atoms with Crippen LogP contribution in [0.15, 0.2) is 24.3 Å². The number of hydrogen-bond acceptors (Lipinski definition) is 3. The molecular weight excluding hydrogens is 264 g/mol. The summed E-state index contributed by atoms with van der Waals surface area (Å²) in [5.74, 6) is 0.802. The summed E-state index contributed by atoms with van der Waals surface area (Å²) in [6, 6.07) is 7.63. The topological polar surface area (TPSA) is 76.9 Å². The third kappa shape index (κ3) is 3.42. The SMILES string of the molecule is CCc1cc(COc2cc(C(=N)N)ccc2C)n(CC)n1. The van der Waals surface area contributed by atoms with Crippen LogP contribution in [-0.4, -0.2) is 15.6 Å². The van der Waals surface area contributed by atoms with Crippen LogP contribution < -0.4 is 10.5 Å². The van der Waals surface area contributed by atoms with E-state index in [4.69, 9.17) is 15.9 Å². The molecule has 0 atom stereocenters. The lowest BCUT2D eigenvalue weighted by atomic mass is 10.1. The molecule has 3 N–H and O–H groups in total. The predicted octanol–water partition coefficient (Wildman–Crippen LogP) is 2.64. The third-order valence-corrected chi connectivity index (χ3v) is 3.45. The Balaban J connectivity index is 2.18. The van der Waals surface area contributed by atoms with E-state index in [0.717, 1.165) is 35.7 Å². The summed E-state index contributed by atoms with van der Waals surface area (Å²) in [5, 5.41) is 12.0. The summed E-state index contributed by atoms with van der Waals surface area (Å²) in [5.41, 5.74) is 9.35. The molecule has 0 aliphatic heterocycles. The molecule has 1 aromatic carbocycles. The molecule has 0 saturated carbocycles. The summed E-state index contributed by atoms with van der Waals surface area (Å²) in [7, 11) is 0. The van der Waals surface area contributed by atoms with Gasteiger partial charge < -0.3 is 10.5 Å². The largest absolute Gasteiger partial charge is 0.487 e. The van der Waals surface area contributed by atoms with Gasteiger partial charge >= 0.3 is 0 Å². The molecule has 0 radical (unpaired) electrons. The highest BCUT2D eigenvalue weighted by molar-refractivity contribution is 5.95. The number of nitrogens with zero attached hydrogens (tertiary/aromatic N) is 2. The van der Waals surface area contributed by atoms with Crippen molar-refractivity contribution < 1.29 is 4.74 Å². The van der Waals surface area contributed by atoms with Gasteiger partial charge in [0, 0.05) is 12.1 Å². The van der Waals surface area contributed by atoms with E-state index in [1.54, 1.807) is 0 Å². The number of rotatable bonds is 6. The van der Waals surface area contributed by atoms with E-state index in [1.807, 2.05) is 29.8 Å². The average Bonchev–Trinajstić information content (AvgIpc) is 2.88. The Morgan fingerprint density at radius 2 is 2.10 bits per heavy atom. The Morgan fingerprint density at radius 1 is 1.33 bits per heavy atom. The monoisotopic (exact) mass is 286 g/mol.